The molecule has 0 spiro atoms. The molecule has 0 aliphatic heterocycles. The molecule has 15 heavy (non-hydrogen) atoms. The molecule has 1 aromatic rings. The molecule has 0 saturated heterocycles. The fraction of sp³-hybridized carbons (Fsp3) is 0.364. The standard InChI is InChI=1S/C11H13FN2O/c1-8(7-15-2)14-11-5-3-4-10(12)9(11)6-13/h3-5,8,14H,7H2,1-2H3/t8-/m1/s1. The van der Waals surface area contributed by atoms with E-state index in [0.717, 1.165) is 0 Å². The summed E-state index contributed by atoms with van der Waals surface area (Å²) in [7, 11) is 1.59. The van der Waals surface area contributed by atoms with Crippen molar-refractivity contribution in [2.75, 3.05) is 19.0 Å². The van der Waals surface area contributed by atoms with E-state index in [1.807, 2.05) is 13.0 Å². The van der Waals surface area contributed by atoms with Gasteiger partial charge < -0.3 is 10.1 Å². The Hall–Kier alpha value is -1.60. The number of hydrogen-bond donors (Lipinski definition) is 1. The third-order valence-corrected chi connectivity index (χ3v) is 1.94. The van der Waals surface area contributed by atoms with Crippen LogP contribution in [0.25, 0.3) is 0 Å². The molecule has 0 aliphatic carbocycles. The quantitative estimate of drug-likeness (QED) is 0.824. The highest BCUT2D eigenvalue weighted by atomic mass is 19.1. The maximum absolute atomic E-state index is 13.2. The maximum atomic E-state index is 13.2. The van der Waals surface area contributed by atoms with E-state index in [1.165, 1.54) is 6.07 Å². The SMILES string of the molecule is COC[C@@H](C)Nc1cccc(F)c1C#N. The van der Waals surface area contributed by atoms with Crippen LogP contribution in [0.2, 0.25) is 0 Å². The molecule has 0 unspecified atom stereocenters. The molecule has 4 heteroatoms. The average Bonchev–Trinajstić information content (AvgIpc) is 2.18. The second kappa shape index (κ2) is 5.32. The number of anilines is 1. The summed E-state index contributed by atoms with van der Waals surface area (Å²) in [4.78, 5) is 0. The number of nitriles is 1. The third-order valence-electron chi connectivity index (χ3n) is 1.94. The van der Waals surface area contributed by atoms with E-state index in [4.69, 9.17) is 10.00 Å². The molecule has 1 atom stereocenters. The minimum atomic E-state index is -0.507. The molecule has 1 aromatic carbocycles. The second-order valence-electron chi connectivity index (χ2n) is 3.27. The molecule has 0 radical (unpaired) electrons. The van der Waals surface area contributed by atoms with Crippen LogP contribution in [0, 0.1) is 17.1 Å². The van der Waals surface area contributed by atoms with Gasteiger partial charge in [-0.2, -0.15) is 5.26 Å². The van der Waals surface area contributed by atoms with Crippen molar-refractivity contribution < 1.29 is 9.13 Å². The van der Waals surface area contributed by atoms with Gasteiger partial charge in [0.2, 0.25) is 0 Å². The minimum absolute atomic E-state index is 0.0314. The topological polar surface area (TPSA) is 45.0 Å². The van der Waals surface area contributed by atoms with Crippen LogP contribution < -0.4 is 5.32 Å². The van der Waals surface area contributed by atoms with Crippen molar-refractivity contribution >= 4 is 5.69 Å². The normalized spacial score (nSPS) is 11.9. The lowest BCUT2D eigenvalue weighted by atomic mass is 10.1. The summed E-state index contributed by atoms with van der Waals surface area (Å²) in [5.41, 5.74) is 0.544. The molecule has 80 valence electrons. The van der Waals surface area contributed by atoms with Gasteiger partial charge in [0, 0.05) is 13.2 Å². The van der Waals surface area contributed by atoms with Crippen LogP contribution in [0.5, 0.6) is 0 Å². The van der Waals surface area contributed by atoms with Crippen LogP contribution in [0.1, 0.15) is 12.5 Å². The van der Waals surface area contributed by atoms with Crippen LogP contribution in [0.4, 0.5) is 10.1 Å². The summed E-state index contributed by atoms with van der Waals surface area (Å²) in [5, 5.41) is 11.8. The van der Waals surface area contributed by atoms with E-state index in [0.29, 0.717) is 12.3 Å². The number of nitrogens with one attached hydrogen (secondary N) is 1. The molecule has 0 fully saturated rings. The van der Waals surface area contributed by atoms with Crippen molar-refractivity contribution in [2.45, 2.75) is 13.0 Å². The highest BCUT2D eigenvalue weighted by Gasteiger charge is 2.09. The zero-order chi connectivity index (χ0) is 11.3. The van der Waals surface area contributed by atoms with Crippen LogP contribution in [0.15, 0.2) is 18.2 Å². The zero-order valence-corrected chi connectivity index (χ0v) is 8.75. The van der Waals surface area contributed by atoms with Gasteiger partial charge in [0.25, 0.3) is 0 Å². The molecule has 0 saturated carbocycles. The van der Waals surface area contributed by atoms with Gasteiger partial charge in [-0.15, -0.1) is 0 Å². The van der Waals surface area contributed by atoms with E-state index in [1.54, 1.807) is 19.2 Å². The molecule has 0 amide bonds. The number of methoxy groups -OCH3 is 1. The van der Waals surface area contributed by atoms with E-state index in [-0.39, 0.29) is 11.6 Å². The first-order valence-electron chi connectivity index (χ1n) is 4.63. The second-order valence-corrected chi connectivity index (χ2v) is 3.27. The maximum Gasteiger partial charge on any atom is 0.143 e. The molecular weight excluding hydrogens is 195 g/mol. The molecule has 3 nitrogen and oxygen atoms in total. The summed E-state index contributed by atoms with van der Waals surface area (Å²) in [5.74, 6) is -0.507. The van der Waals surface area contributed by atoms with Crippen molar-refractivity contribution in [1.29, 1.82) is 5.26 Å². The number of ether oxygens (including phenoxy) is 1. The van der Waals surface area contributed by atoms with Gasteiger partial charge in [-0.1, -0.05) is 6.07 Å². The summed E-state index contributed by atoms with van der Waals surface area (Å²) >= 11 is 0. The predicted molar refractivity (Wildman–Crippen MR) is 56.1 cm³/mol. The molecule has 0 bridgehead atoms. The molecular formula is C11H13FN2O. The highest BCUT2D eigenvalue weighted by Crippen LogP contribution is 2.18. The van der Waals surface area contributed by atoms with E-state index in [9.17, 15) is 4.39 Å². The van der Waals surface area contributed by atoms with E-state index < -0.39 is 5.82 Å². The van der Waals surface area contributed by atoms with Gasteiger partial charge >= 0.3 is 0 Å². The molecule has 1 N–H and O–H groups in total. The fourth-order valence-corrected chi connectivity index (χ4v) is 1.32. The number of halogens is 1. The van der Waals surface area contributed by atoms with Gasteiger partial charge in [0.05, 0.1) is 12.3 Å². The van der Waals surface area contributed by atoms with Crippen molar-refractivity contribution in [1.82, 2.24) is 0 Å². The predicted octanol–water partition coefficient (Wildman–Crippen LogP) is 2.14. The molecule has 1 rings (SSSR count). The van der Waals surface area contributed by atoms with E-state index in [2.05, 4.69) is 5.32 Å². The van der Waals surface area contributed by atoms with Crippen molar-refractivity contribution in [3.05, 3.63) is 29.6 Å². The summed E-state index contributed by atoms with van der Waals surface area (Å²) in [6, 6.07) is 6.37. The first-order valence-corrected chi connectivity index (χ1v) is 4.63. The largest absolute Gasteiger partial charge is 0.383 e. The van der Waals surface area contributed by atoms with Gasteiger partial charge in [0.1, 0.15) is 17.4 Å². The Labute approximate surface area is 88.5 Å². The molecule has 0 aromatic heterocycles. The lowest BCUT2D eigenvalue weighted by molar-refractivity contribution is 0.190. The first-order chi connectivity index (χ1) is 7.19. The zero-order valence-electron chi connectivity index (χ0n) is 8.75. The number of nitrogens with zero attached hydrogens (tertiary/aromatic N) is 1. The van der Waals surface area contributed by atoms with Gasteiger partial charge in [-0.05, 0) is 19.1 Å². The van der Waals surface area contributed by atoms with Gasteiger partial charge in [-0.25, -0.2) is 4.39 Å². The first kappa shape index (κ1) is 11.5. The van der Waals surface area contributed by atoms with Crippen molar-refractivity contribution in [3.8, 4) is 6.07 Å². The Morgan fingerprint density at radius 1 is 1.60 bits per heavy atom. The van der Waals surface area contributed by atoms with Crippen LogP contribution >= 0.6 is 0 Å². The van der Waals surface area contributed by atoms with Crippen molar-refractivity contribution in [2.24, 2.45) is 0 Å². The minimum Gasteiger partial charge on any atom is -0.383 e. The monoisotopic (exact) mass is 208 g/mol. The number of hydrogen-bond acceptors (Lipinski definition) is 3. The summed E-state index contributed by atoms with van der Waals surface area (Å²) in [6.07, 6.45) is 0. The Kier molecular flexibility index (Phi) is 4.07. The van der Waals surface area contributed by atoms with Crippen LogP contribution in [0.3, 0.4) is 0 Å². The fourth-order valence-electron chi connectivity index (χ4n) is 1.32. The van der Waals surface area contributed by atoms with Gasteiger partial charge in [0.15, 0.2) is 0 Å². The highest BCUT2D eigenvalue weighted by molar-refractivity contribution is 5.58. The Morgan fingerprint density at radius 2 is 2.33 bits per heavy atom. The van der Waals surface area contributed by atoms with Crippen molar-refractivity contribution in [3.63, 3.8) is 0 Å². The van der Waals surface area contributed by atoms with Crippen LogP contribution in [-0.2, 0) is 4.74 Å². The summed E-state index contributed by atoms with van der Waals surface area (Å²) < 4.78 is 18.1. The number of benzene rings is 1. The van der Waals surface area contributed by atoms with Crippen LogP contribution in [-0.4, -0.2) is 19.8 Å². The lowest BCUT2D eigenvalue weighted by Crippen LogP contribution is -2.21. The Bertz CT molecular complexity index is 373. The van der Waals surface area contributed by atoms with Gasteiger partial charge in [-0.3, -0.25) is 0 Å². The molecule has 0 aliphatic rings. The Balaban J connectivity index is 2.86. The molecule has 0 heterocycles. The average molecular weight is 208 g/mol. The number of rotatable bonds is 4. The third kappa shape index (κ3) is 2.93. The smallest absolute Gasteiger partial charge is 0.143 e. The Morgan fingerprint density at radius 3 is 2.93 bits per heavy atom. The summed E-state index contributed by atoms with van der Waals surface area (Å²) in [6.45, 7) is 2.40. The van der Waals surface area contributed by atoms with E-state index >= 15 is 0 Å². The lowest BCUT2D eigenvalue weighted by Gasteiger charge is -2.15.